The molecule has 19 heavy (non-hydrogen) atoms. The van der Waals surface area contributed by atoms with Gasteiger partial charge in [0.1, 0.15) is 5.84 Å². The smallest absolute Gasteiger partial charge is 0.235 e. The van der Waals surface area contributed by atoms with Crippen LogP contribution in [0.25, 0.3) is 10.8 Å². The Morgan fingerprint density at radius 1 is 1.26 bits per heavy atom. The Balaban J connectivity index is 1.78. The molecule has 0 radical (unpaired) electrons. The van der Waals surface area contributed by atoms with Crippen LogP contribution >= 0.6 is 15.9 Å². The van der Waals surface area contributed by atoms with Crippen LogP contribution in [0.3, 0.4) is 0 Å². The van der Waals surface area contributed by atoms with Crippen molar-refractivity contribution in [1.82, 2.24) is 5.48 Å². The van der Waals surface area contributed by atoms with Crippen LogP contribution in [-0.2, 0) is 22.0 Å². The van der Waals surface area contributed by atoms with E-state index in [0.717, 1.165) is 10.9 Å². The summed E-state index contributed by atoms with van der Waals surface area (Å²) >= 11 is 1.98. The minimum atomic E-state index is -1.57. The minimum Gasteiger partial charge on any atom is -0.235 e. The number of hydroxylamine groups is 1. The van der Waals surface area contributed by atoms with Crippen molar-refractivity contribution in [2.24, 2.45) is 4.40 Å². The van der Waals surface area contributed by atoms with Gasteiger partial charge in [0.15, 0.2) is 0 Å². The molecule has 3 rings (SSSR count). The fourth-order valence-electron chi connectivity index (χ4n) is 2.02. The molecule has 4 nitrogen and oxygen atoms in total. The van der Waals surface area contributed by atoms with Gasteiger partial charge in [-0.05, 0) is 28.8 Å². The van der Waals surface area contributed by atoms with Gasteiger partial charge in [-0.25, -0.2) is 9.69 Å². The summed E-state index contributed by atoms with van der Waals surface area (Å²) in [5.41, 5.74) is 3.78. The van der Waals surface area contributed by atoms with Crippen molar-refractivity contribution >= 4 is 43.8 Å². The molecular weight excluding hydrogens is 328 g/mol. The number of halogens is 1. The van der Waals surface area contributed by atoms with Gasteiger partial charge < -0.3 is 0 Å². The molecule has 6 heteroatoms. The van der Waals surface area contributed by atoms with Gasteiger partial charge in [0.25, 0.3) is 0 Å². The van der Waals surface area contributed by atoms with Crippen molar-refractivity contribution in [2.75, 3.05) is 0 Å². The Morgan fingerprint density at radius 2 is 2.16 bits per heavy atom. The largest absolute Gasteiger partial charge is 0.309 e. The maximum Gasteiger partial charge on any atom is 0.309 e. The zero-order chi connectivity index (χ0) is 13.2. The molecule has 0 spiro atoms. The van der Waals surface area contributed by atoms with Crippen molar-refractivity contribution in [1.29, 1.82) is 0 Å². The van der Waals surface area contributed by atoms with Crippen molar-refractivity contribution in [3.63, 3.8) is 0 Å². The second kappa shape index (κ2) is 5.40. The Bertz CT molecular complexity index is 687. The van der Waals surface area contributed by atoms with E-state index in [2.05, 4.69) is 54.4 Å². The van der Waals surface area contributed by atoms with E-state index in [1.54, 1.807) is 0 Å². The van der Waals surface area contributed by atoms with Crippen molar-refractivity contribution in [3.05, 3.63) is 46.4 Å². The van der Waals surface area contributed by atoms with Gasteiger partial charge in [-0.2, -0.15) is 4.28 Å². The minimum absolute atomic E-state index is 0.632. The monoisotopic (exact) mass is 338 g/mol. The van der Waals surface area contributed by atoms with Gasteiger partial charge in [0, 0.05) is 10.9 Å². The molecule has 0 fully saturated rings. The molecule has 2 aromatic rings. The van der Waals surface area contributed by atoms with E-state index in [1.807, 2.05) is 12.1 Å². The number of hydrogen-bond acceptors (Lipinski definition) is 3. The van der Waals surface area contributed by atoms with Gasteiger partial charge in [-0.1, -0.05) is 46.3 Å². The summed E-state index contributed by atoms with van der Waals surface area (Å²) in [6.07, 6.45) is 1.51. The lowest BCUT2D eigenvalue weighted by molar-refractivity contribution is 0.303. The number of aryl methyl sites for hydroxylation is 1. The molecule has 0 saturated carbocycles. The molecule has 0 saturated heterocycles. The Morgan fingerprint density at radius 3 is 2.95 bits per heavy atom. The number of nitrogens with one attached hydrogen (secondary N) is 1. The van der Waals surface area contributed by atoms with E-state index in [1.165, 1.54) is 16.3 Å². The van der Waals surface area contributed by atoms with E-state index in [4.69, 9.17) is 0 Å². The molecule has 0 aromatic heterocycles. The van der Waals surface area contributed by atoms with Crippen LogP contribution in [0.5, 0.6) is 0 Å². The van der Waals surface area contributed by atoms with Crippen LogP contribution in [0.4, 0.5) is 0 Å². The molecule has 2 aromatic carbocycles. The summed E-state index contributed by atoms with van der Waals surface area (Å²) in [7, 11) is 0. The third-order valence-corrected chi connectivity index (χ3v) is 4.24. The van der Waals surface area contributed by atoms with Crippen molar-refractivity contribution in [2.45, 2.75) is 12.8 Å². The number of nitrogens with zero attached hydrogens (tertiary/aromatic N) is 1. The SMILES string of the molecule is O=S1N=C(CCc2ccc3c(Br)cccc3c2)NO1. The zero-order valence-corrected chi connectivity index (χ0v) is 12.3. The molecule has 0 bridgehead atoms. The molecule has 1 aliphatic heterocycles. The van der Waals surface area contributed by atoms with Crippen molar-refractivity contribution < 1.29 is 8.49 Å². The van der Waals surface area contributed by atoms with Gasteiger partial charge in [0.05, 0.1) is 0 Å². The van der Waals surface area contributed by atoms with Crippen LogP contribution in [0.2, 0.25) is 0 Å². The third-order valence-electron chi connectivity index (χ3n) is 2.96. The first-order valence-electron chi connectivity index (χ1n) is 5.82. The lowest BCUT2D eigenvalue weighted by atomic mass is 10.0. The number of amidine groups is 1. The lowest BCUT2D eigenvalue weighted by Crippen LogP contribution is -2.17. The van der Waals surface area contributed by atoms with E-state index >= 15 is 0 Å². The molecule has 1 N–H and O–H groups in total. The summed E-state index contributed by atoms with van der Waals surface area (Å²) in [5, 5.41) is 2.40. The first kappa shape index (κ1) is 12.8. The number of fused-ring (bicyclic) bond motifs is 1. The highest BCUT2D eigenvalue weighted by Crippen LogP contribution is 2.25. The summed E-state index contributed by atoms with van der Waals surface area (Å²) in [5.74, 6) is 0.632. The molecule has 1 unspecified atom stereocenters. The number of rotatable bonds is 3. The van der Waals surface area contributed by atoms with Crippen LogP contribution in [-0.4, -0.2) is 10.0 Å². The highest BCUT2D eigenvalue weighted by molar-refractivity contribution is 9.10. The van der Waals surface area contributed by atoms with E-state index < -0.39 is 11.3 Å². The van der Waals surface area contributed by atoms with Gasteiger partial charge in [0.2, 0.25) is 0 Å². The lowest BCUT2D eigenvalue weighted by Gasteiger charge is -2.05. The first-order valence-corrected chi connectivity index (χ1v) is 7.65. The molecule has 1 heterocycles. The number of hydrogen-bond donors (Lipinski definition) is 1. The van der Waals surface area contributed by atoms with Crippen molar-refractivity contribution in [3.8, 4) is 0 Å². The quantitative estimate of drug-likeness (QED) is 0.935. The topological polar surface area (TPSA) is 50.7 Å². The highest BCUT2D eigenvalue weighted by atomic mass is 79.9. The van der Waals surface area contributed by atoms with Gasteiger partial charge in [-0.3, -0.25) is 0 Å². The number of benzene rings is 2. The maximum atomic E-state index is 10.9. The maximum absolute atomic E-state index is 10.9. The van der Waals surface area contributed by atoms with Crippen LogP contribution in [0.1, 0.15) is 12.0 Å². The fourth-order valence-corrected chi connectivity index (χ4v) is 3.05. The average Bonchev–Trinajstić information content (AvgIpc) is 2.82. The molecule has 0 aliphatic carbocycles. The van der Waals surface area contributed by atoms with Crippen LogP contribution < -0.4 is 5.48 Å². The predicted octanol–water partition coefficient (Wildman–Crippen LogP) is 3.05. The highest BCUT2D eigenvalue weighted by Gasteiger charge is 2.12. The first-order chi connectivity index (χ1) is 9.22. The normalized spacial score (nSPS) is 18.4. The molecular formula is C13H11BrN2O2S. The second-order valence-electron chi connectivity index (χ2n) is 4.24. The molecule has 1 aliphatic rings. The van der Waals surface area contributed by atoms with E-state index in [0.29, 0.717) is 12.3 Å². The molecule has 0 amide bonds. The van der Waals surface area contributed by atoms with E-state index in [9.17, 15) is 4.21 Å². The summed E-state index contributed by atoms with van der Waals surface area (Å²) in [6, 6.07) is 12.5. The Labute approximate surface area is 121 Å². The summed E-state index contributed by atoms with van der Waals surface area (Å²) in [6.45, 7) is 0. The standard InChI is InChI=1S/C13H11BrN2O2S/c14-12-3-1-2-10-8-9(4-6-11(10)12)5-7-13-15-18-19(17)16-13/h1-4,6,8H,5,7H2,(H,15,16). The third kappa shape index (κ3) is 2.86. The molecule has 98 valence electrons. The average molecular weight is 339 g/mol. The predicted molar refractivity (Wildman–Crippen MR) is 79.8 cm³/mol. The van der Waals surface area contributed by atoms with Gasteiger partial charge >= 0.3 is 11.3 Å². The zero-order valence-electron chi connectivity index (χ0n) is 9.93. The van der Waals surface area contributed by atoms with Gasteiger partial charge in [-0.15, -0.1) is 4.40 Å². The summed E-state index contributed by atoms with van der Waals surface area (Å²) < 4.78 is 20.5. The fraction of sp³-hybridized carbons (Fsp3) is 0.154. The molecule has 1 atom stereocenters. The van der Waals surface area contributed by atoms with Crippen LogP contribution in [0.15, 0.2) is 45.3 Å². The second-order valence-corrected chi connectivity index (χ2v) is 5.87. The van der Waals surface area contributed by atoms with E-state index in [-0.39, 0.29) is 0 Å². The summed E-state index contributed by atoms with van der Waals surface area (Å²) in [4.78, 5) is 0. The Kier molecular flexibility index (Phi) is 3.63. The van der Waals surface area contributed by atoms with Crippen LogP contribution in [0, 0.1) is 0 Å². The Hall–Kier alpha value is -1.24.